The highest BCUT2D eigenvalue weighted by Crippen LogP contribution is 2.40. The normalized spacial score (nSPS) is 12.5. The van der Waals surface area contributed by atoms with Gasteiger partial charge in [0, 0.05) is 16.5 Å². The number of benzene rings is 2. The first kappa shape index (κ1) is 18.2. The van der Waals surface area contributed by atoms with Crippen LogP contribution in [-0.4, -0.2) is 31.2 Å². The molecule has 9 heteroatoms. The lowest BCUT2D eigenvalue weighted by Crippen LogP contribution is -2.18. The fraction of sp³-hybridized carbons (Fsp3) is 0.158. The topological polar surface area (TPSA) is 69.7 Å². The van der Waals surface area contributed by atoms with Crippen LogP contribution in [0.5, 0.6) is 17.2 Å². The zero-order chi connectivity index (χ0) is 19.7. The van der Waals surface area contributed by atoms with Crippen LogP contribution >= 0.6 is 11.3 Å². The van der Waals surface area contributed by atoms with E-state index in [4.69, 9.17) is 14.2 Å². The van der Waals surface area contributed by atoms with Crippen molar-refractivity contribution >= 4 is 22.4 Å². The molecule has 28 heavy (non-hydrogen) atoms. The first-order valence-corrected chi connectivity index (χ1v) is 9.13. The summed E-state index contributed by atoms with van der Waals surface area (Å²) in [4.78, 5) is 16.9. The Morgan fingerprint density at radius 2 is 2.00 bits per heavy atom. The fourth-order valence-corrected chi connectivity index (χ4v) is 3.41. The van der Waals surface area contributed by atoms with E-state index in [2.05, 4.69) is 10.3 Å². The SMILES string of the molecule is COc1cc(C(=O)Nc2nc(-c3ccc(F)c(F)c3)cs2)cc2c1OCCO2. The van der Waals surface area contributed by atoms with Crippen LogP contribution in [0.3, 0.4) is 0 Å². The van der Waals surface area contributed by atoms with Gasteiger partial charge in [-0.1, -0.05) is 0 Å². The number of carbonyl (C=O) groups excluding carboxylic acids is 1. The van der Waals surface area contributed by atoms with Crippen LogP contribution in [0.25, 0.3) is 11.3 Å². The molecule has 2 heterocycles. The van der Waals surface area contributed by atoms with Crippen molar-refractivity contribution in [2.24, 2.45) is 0 Å². The van der Waals surface area contributed by atoms with Gasteiger partial charge in [0.25, 0.3) is 5.91 Å². The lowest BCUT2D eigenvalue weighted by atomic mass is 10.1. The summed E-state index contributed by atoms with van der Waals surface area (Å²) < 4.78 is 42.8. The van der Waals surface area contributed by atoms with Gasteiger partial charge in [0.05, 0.1) is 12.8 Å². The fourth-order valence-electron chi connectivity index (χ4n) is 2.69. The zero-order valence-corrected chi connectivity index (χ0v) is 15.4. The highest BCUT2D eigenvalue weighted by Gasteiger charge is 2.21. The standard InChI is InChI=1S/C19H14F2N2O4S/c1-25-15-7-11(8-16-17(15)27-5-4-26-16)18(24)23-19-22-14(9-28-19)10-2-3-12(20)13(21)6-10/h2-3,6-9H,4-5H2,1H3,(H,22,23,24). The maximum absolute atomic E-state index is 13.4. The number of anilines is 1. The number of fused-ring (bicyclic) bond motifs is 1. The van der Waals surface area contributed by atoms with E-state index in [1.807, 2.05) is 0 Å². The number of methoxy groups -OCH3 is 1. The zero-order valence-electron chi connectivity index (χ0n) is 14.6. The van der Waals surface area contributed by atoms with Crippen molar-refractivity contribution in [2.75, 3.05) is 25.6 Å². The Morgan fingerprint density at radius 3 is 2.79 bits per heavy atom. The molecule has 0 spiro atoms. The average molecular weight is 404 g/mol. The van der Waals surface area contributed by atoms with Crippen LogP contribution in [0.15, 0.2) is 35.7 Å². The second kappa shape index (κ2) is 7.43. The molecule has 0 radical (unpaired) electrons. The Hall–Kier alpha value is -3.20. The highest BCUT2D eigenvalue weighted by atomic mass is 32.1. The number of aromatic nitrogens is 1. The number of halogens is 2. The third-order valence-corrected chi connectivity index (χ3v) is 4.79. The molecule has 1 aliphatic heterocycles. The van der Waals surface area contributed by atoms with Gasteiger partial charge in [0.2, 0.25) is 5.75 Å². The van der Waals surface area contributed by atoms with Crippen molar-refractivity contribution in [3.8, 4) is 28.5 Å². The lowest BCUT2D eigenvalue weighted by molar-refractivity contribution is 0.102. The van der Waals surface area contributed by atoms with Gasteiger partial charge in [-0.3, -0.25) is 10.1 Å². The molecule has 1 amide bonds. The van der Waals surface area contributed by atoms with Gasteiger partial charge >= 0.3 is 0 Å². The number of amides is 1. The third-order valence-electron chi connectivity index (χ3n) is 4.03. The van der Waals surface area contributed by atoms with Gasteiger partial charge in [0.1, 0.15) is 13.2 Å². The lowest BCUT2D eigenvalue weighted by Gasteiger charge is -2.21. The van der Waals surface area contributed by atoms with E-state index in [-0.39, 0.29) is 0 Å². The van der Waals surface area contributed by atoms with Crippen LogP contribution in [0.2, 0.25) is 0 Å². The Balaban J connectivity index is 1.56. The minimum Gasteiger partial charge on any atom is -0.493 e. The minimum atomic E-state index is -0.959. The first-order valence-electron chi connectivity index (χ1n) is 8.25. The minimum absolute atomic E-state index is 0.311. The Kier molecular flexibility index (Phi) is 4.82. The molecule has 0 bridgehead atoms. The molecule has 6 nitrogen and oxygen atoms in total. The summed E-state index contributed by atoms with van der Waals surface area (Å²) in [5, 5.41) is 4.64. The summed E-state index contributed by atoms with van der Waals surface area (Å²) in [6.45, 7) is 0.784. The van der Waals surface area contributed by atoms with E-state index < -0.39 is 17.5 Å². The van der Waals surface area contributed by atoms with Crippen LogP contribution in [0.1, 0.15) is 10.4 Å². The largest absolute Gasteiger partial charge is 0.493 e. The quantitative estimate of drug-likeness (QED) is 0.708. The molecule has 144 valence electrons. The van der Waals surface area contributed by atoms with Gasteiger partial charge in [-0.2, -0.15) is 0 Å². The highest BCUT2D eigenvalue weighted by molar-refractivity contribution is 7.14. The monoisotopic (exact) mass is 404 g/mol. The molecule has 1 aromatic heterocycles. The van der Waals surface area contributed by atoms with Gasteiger partial charge in [-0.05, 0) is 30.3 Å². The molecule has 0 aliphatic carbocycles. The van der Waals surface area contributed by atoms with E-state index in [1.54, 1.807) is 17.5 Å². The molecule has 3 aromatic rings. The summed E-state index contributed by atoms with van der Waals surface area (Å²) in [7, 11) is 1.48. The number of rotatable bonds is 4. The number of nitrogens with zero attached hydrogens (tertiary/aromatic N) is 1. The molecule has 0 atom stereocenters. The number of carbonyl (C=O) groups is 1. The number of hydrogen-bond donors (Lipinski definition) is 1. The van der Waals surface area contributed by atoms with E-state index in [1.165, 1.54) is 24.5 Å². The predicted octanol–water partition coefficient (Wildman–Crippen LogP) is 4.12. The van der Waals surface area contributed by atoms with Crippen molar-refractivity contribution in [2.45, 2.75) is 0 Å². The smallest absolute Gasteiger partial charge is 0.257 e. The summed E-state index contributed by atoms with van der Waals surface area (Å²) in [5.41, 5.74) is 1.15. The Bertz CT molecular complexity index is 1040. The van der Waals surface area contributed by atoms with Crippen LogP contribution < -0.4 is 19.5 Å². The van der Waals surface area contributed by atoms with E-state index in [0.29, 0.717) is 52.4 Å². The Labute approximate surface area is 162 Å². The molecule has 2 aromatic carbocycles. The molecule has 1 aliphatic rings. The van der Waals surface area contributed by atoms with Crippen LogP contribution in [0, 0.1) is 11.6 Å². The molecule has 0 saturated carbocycles. The van der Waals surface area contributed by atoms with Crippen molar-refractivity contribution in [1.82, 2.24) is 4.98 Å². The molecular formula is C19H14F2N2O4S. The van der Waals surface area contributed by atoms with E-state index >= 15 is 0 Å². The number of nitrogens with one attached hydrogen (secondary N) is 1. The van der Waals surface area contributed by atoms with Gasteiger partial charge in [-0.15, -0.1) is 11.3 Å². The molecule has 0 saturated heterocycles. The average Bonchev–Trinajstić information content (AvgIpc) is 3.17. The van der Waals surface area contributed by atoms with Gasteiger partial charge < -0.3 is 14.2 Å². The third kappa shape index (κ3) is 3.48. The molecule has 4 rings (SSSR count). The maximum atomic E-state index is 13.4. The summed E-state index contributed by atoms with van der Waals surface area (Å²) >= 11 is 1.17. The summed E-state index contributed by atoms with van der Waals surface area (Å²) in [6.07, 6.45) is 0. The molecule has 0 unspecified atom stereocenters. The number of ether oxygens (including phenoxy) is 3. The van der Waals surface area contributed by atoms with Gasteiger partial charge in [-0.25, -0.2) is 13.8 Å². The van der Waals surface area contributed by atoms with Crippen molar-refractivity contribution in [3.63, 3.8) is 0 Å². The van der Waals surface area contributed by atoms with Crippen molar-refractivity contribution in [1.29, 1.82) is 0 Å². The summed E-state index contributed by atoms with van der Waals surface area (Å²) in [5.74, 6) is -1.03. The molecule has 0 fully saturated rings. The van der Waals surface area contributed by atoms with E-state index in [0.717, 1.165) is 12.1 Å². The number of thiazole rings is 1. The van der Waals surface area contributed by atoms with Crippen molar-refractivity contribution < 1.29 is 27.8 Å². The predicted molar refractivity (Wildman–Crippen MR) is 99.4 cm³/mol. The van der Waals surface area contributed by atoms with Crippen LogP contribution in [0.4, 0.5) is 13.9 Å². The second-order valence-corrected chi connectivity index (χ2v) is 6.68. The van der Waals surface area contributed by atoms with Gasteiger partial charge in [0.15, 0.2) is 28.3 Å². The van der Waals surface area contributed by atoms with E-state index in [9.17, 15) is 13.6 Å². The maximum Gasteiger partial charge on any atom is 0.257 e. The van der Waals surface area contributed by atoms with Crippen molar-refractivity contribution in [3.05, 3.63) is 52.9 Å². The molecular weight excluding hydrogens is 390 g/mol. The first-order chi connectivity index (χ1) is 13.5. The summed E-state index contributed by atoms with van der Waals surface area (Å²) in [6, 6.07) is 6.62. The van der Waals surface area contributed by atoms with Crippen LogP contribution in [-0.2, 0) is 0 Å². The number of hydrogen-bond acceptors (Lipinski definition) is 6. The molecule has 1 N–H and O–H groups in total. The Morgan fingerprint density at radius 1 is 1.18 bits per heavy atom. The second-order valence-electron chi connectivity index (χ2n) is 5.82.